The Hall–Kier alpha value is -1.04. The average Bonchev–Trinajstić information content (AvgIpc) is 2.50. The van der Waals surface area contributed by atoms with Gasteiger partial charge in [-0.1, -0.05) is 37.3 Å². The summed E-state index contributed by atoms with van der Waals surface area (Å²) in [5.41, 5.74) is 0.127. The third-order valence-corrected chi connectivity index (χ3v) is 4.12. The second-order valence-corrected chi connectivity index (χ2v) is 5.44. The van der Waals surface area contributed by atoms with Gasteiger partial charge in [-0.15, -0.1) is 0 Å². The van der Waals surface area contributed by atoms with Crippen LogP contribution in [0.4, 0.5) is 0 Å². The first-order chi connectivity index (χ1) is 9.71. The van der Waals surface area contributed by atoms with Gasteiger partial charge in [-0.2, -0.15) is 11.8 Å². The average molecular weight is 297 g/mol. The highest BCUT2D eigenvalue weighted by Crippen LogP contribution is 2.27. The van der Waals surface area contributed by atoms with Crippen molar-refractivity contribution in [1.82, 2.24) is 5.32 Å². The van der Waals surface area contributed by atoms with Gasteiger partial charge in [0.15, 0.2) is 5.54 Å². The minimum atomic E-state index is -0.802. The second kappa shape index (κ2) is 9.00. The number of ether oxygens (including phenoxy) is 2. The summed E-state index contributed by atoms with van der Waals surface area (Å²) in [6.07, 6.45) is 0. The molecule has 0 spiro atoms. The number of thioether (sulfide) groups is 1. The molecule has 1 rings (SSSR count). The zero-order chi connectivity index (χ0) is 14.8. The van der Waals surface area contributed by atoms with Crippen molar-refractivity contribution in [1.29, 1.82) is 0 Å². The summed E-state index contributed by atoms with van der Waals surface area (Å²) >= 11 is 1.67. The number of likely N-dealkylation sites (N-methyl/N-ethyl adjacent to an activating group) is 1. The van der Waals surface area contributed by atoms with E-state index in [0.717, 1.165) is 11.3 Å². The number of hydrogen-bond acceptors (Lipinski definition) is 5. The van der Waals surface area contributed by atoms with Crippen molar-refractivity contribution >= 4 is 17.7 Å². The molecule has 0 bridgehead atoms. The summed E-state index contributed by atoms with van der Waals surface area (Å²) in [5.74, 6) is 1.20. The van der Waals surface area contributed by atoms with Crippen LogP contribution in [-0.4, -0.2) is 44.8 Å². The number of nitrogens with one attached hydrogen (secondary N) is 1. The number of benzene rings is 1. The minimum absolute atomic E-state index is 0.254. The first-order valence-electron chi connectivity index (χ1n) is 6.67. The van der Waals surface area contributed by atoms with E-state index >= 15 is 0 Å². The summed E-state index contributed by atoms with van der Waals surface area (Å²) in [7, 11) is 3.10. The van der Waals surface area contributed by atoms with Gasteiger partial charge in [0.1, 0.15) is 0 Å². The van der Waals surface area contributed by atoms with Gasteiger partial charge in [0, 0.05) is 18.6 Å². The van der Waals surface area contributed by atoms with Crippen molar-refractivity contribution < 1.29 is 14.3 Å². The fourth-order valence-electron chi connectivity index (χ4n) is 2.05. The number of carbonyl (C=O) groups is 1. The molecule has 0 fully saturated rings. The van der Waals surface area contributed by atoms with E-state index in [1.54, 1.807) is 18.9 Å². The summed E-state index contributed by atoms with van der Waals surface area (Å²) in [6.45, 7) is 3.35. The van der Waals surface area contributed by atoms with Gasteiger partial charge in [0.2, 0.25) is 0 Å². The third kappa shape index (κ3) is 4.23. The van der Waals surface area contributed by atoms with Crippen LogP contribution in [0.1, 0.15) is 12.5 Å². The SMILES string of the molecule is CCNC(CSCCOC)(C(=O)OC)c1ccccc1. The molecule has 0 radical (unpaired) electrons. The molecule has 4 nitrogen and oxygen atoms in total. The second-order valence-electron chi connectivity index (χ2n) is 4.34. The molecule has 1 atom stereocenters. The number of hydrogen-bond donors (Lipinski definition) is 1. The Morgan fingerprint density at radius 2 is 2.00 bits per heavy atom. The maximum absolute atomic E-state index is 12.4. The highest BCUT2D eigenvalue weighted by atomic mass is 32.2. The van der Waals surface area contributed by atoms with Crippen molar-refractivity contribution in [3.63, 3.8) is 0 Å². The maximum atomic E-state index is 12.4. The lowest BCUT2D eigenvalue weighted by Gasteiger charge is -2.32. The van der Waals surface area contributed by atoms with Gasteiger partial charge < -0.3 is 9.47 Å². The first-order valence-corrected chi connectivity index (χ1v) is 7.82. The molecule has 1 aromatic rings. The standard InChI is InChI=1S/C15H23NO3S/c1-4-16-15(14(17)19-3,12-20-11-10-18-2)13-8-6-5-7-9-13/h5-9,16H,4,10-12H2,1-3H3. The van der Waals surface area contributed by atoms with E-state index in [2.05, 4.69) is 5.32 Å². The van der Waals surface area contributed by atoms with Crippen molar-refractivity contribution in [2.24, 2.45) is 0 Å². The highest BCUT2D eigenvalue weighted by Gasteiger charge is 2.40. The van der Waals surface area contributed by atoms with E-state index in [-0.39, 0.29) is 5.97 Å². The van der Waals surface area contributed by atoms with Crippen LogP contribution in [0.3, 0.4) is 0 Å². The van der Waals surface area contributed by atoms with Gasteiger partial charge in [-0.25, -0.2) is 4.79 Å². The van der Waals surface area contributed by atoms with E-state index < -0.39 is 5.54 Å². The molecular formula is C15H23NO3S. The molecule has 0 aliphatic carbocycles. The van der Waals surface area contributed by atoms with Crippen molar-refractivity contribution in [2.45, 2.75) is 12.5 Å². The van der Waals surface area contributed by atoms with Crippen LogP contribution in [0.2, 0.25) is 0 Å². The van der Waals surface area contributed by atoms with E-state index in [0.29, 0.717) is 18.9 Å². The van der Waals surface area contributed by atoms with Crippen LogP contribution < -0.4 is 5.32 Å². The normalized spacial score (nSPS) is 13.8. The van der Waals surface area contributed by atoms with Crippen molar-refractivity contribution in [3.8, 4) is 0 Å². The third-order valence-electron chi connectivity index (χ3n) is 3.03. The lowest BCUT2D eigenvalue weighted by atomic mass is 9.91. The zero-order valence-electron chi connectivity index (χ0n) is 12.3. The Kier molecular flexibility index (Phi) is 7.65. The smallest absolute Gasteiger partial charge is 0.331 e. The van der Waals surface area contributed by atoms with Crippen LogP contribution in [0.25, 0.3) is 0 Å². The molecule has 112 valence electrons. The summed E-state index contributed by atoms with van der Waals surface area (Å²) in [5, 5.41) is 3.30. The lowest BCUT2D eigenvalue weighted by Crippen LogP contribution is -2.52. The molecule has 1 N–H and O–H groups in total. The molecule has 1 unspecified atom stereocenters. The molecule has 0 saturated heterocycles. The Balaban J connectivity index is 2.98. The van der Waals surface area contributed by atoms with Gasteiger partial charge in [0.05, 0.1) is 13.7 Å². The molecule has 0 aliphatic rings. The predicted molar refractivity (Wildman–Crippen MR) is 83.0 cm³/mol. The molecule has 0 heterocycles. The van der Waals surface area contributed by atoms with Crippen LogP contribution in [0.15, 0.2) is 30.3 Å². The fraction of sp³-hybridized carbons (Fsp3) is 0.533. The van der Waals surface area contributed by atoms with Crippen LogP contribution in [0, 0.1) is 0 Å². The summed E-state index contributed by atoms with van der Waals surface area (Å²) < 4.78 is 10.1. The van der Waals surface area contributed by atoms with Crippen LogP contribution >= 0.6 is 11.8 Å². The van der Waals surface area contributed by atoms with E-state index in [9.17, 15) is 4.79 Å². The van der Waals surface area contributed by atoms with Crippen molar-refractivity contribution in [3.05, 3.63) is 35.9 Å². The molecule has 0 amide bonds. The molecule has 1 aromatic carbocycles. The Morgan fingerprint density at radius 3 is 2.55 bits per heavy atom. The van der Waals surface area contributed by atoms with Crippen LogP contribution in [-0.2, 0) is 19.8 Å². The van der Waals surface area contributed by atoms with Crippen molar-refractivity contribution in [2.75, 3.05) is 38.9 Å². The summed E-state index contributed by atoms with van der Waals surface area (Å²) in [6, 6.07) is 9.72. The van der Waals surface area contributed by atoms with Gasteiger partial charge >= 0.3 is 5.97 Å². The molecule has 5 heteroatoms. The zero-order valence-corrected chi connectivity index (χ0v) is 13.2. The van der Waals surface area contributed by atoms with Gasteiger partial charge in [-0.3, -0.25) is 5.32 Å². The summed E-state index contributed by atoms with van der Waals surface area (Å²) in [4.78, 5) is 12.4. The largest absolute Gasteiger partial charge is 0.467 e. The lowest BCUT2D eigenvalue weighted by molar-refractivity contribution is -0.148. The number of esters is 1. The molecule has 0 aliphatic heterocycles. The maximum Gasteiger partial charge on any atom is 0.331 e. The van der Waals surface area contributed by atoms with E-state index in [1.165, 1.54) is 7.11 Å². The predicted octanol–water partition coefficient (Wildman–Crippen LogP) is 2.04. The fourth-order valence-corrected chi connectivity index (χ4v) is 3.17. The van der Waals surface area contributed by atoms with Gasteiger partial charge in [0.25, 0.3) is 0 Å². The topological polar surface area (TPSA) is 47.6 Å². The van der Waals surface area contributed by atoms with E-state index in [1.807, 2.05) is 37.3 Å². The monoisotopic (exact) mass is 297 g/mol. The highest BCUT2D eigenvalue weighted by molar-refractivity contribution is 7.99. The van der Waals surface area contributed by atoms with Crippen LogP contribution in [0.5, 0.6) is 0 Å². The van der Waals surface area contributed by atoms with Gasteiger partial charge in [-0.05, 0) is 12.1 Å². The number of methoxy groups -OCH3 is 2. The quantitative estimate of drug-likeness (QED) is 0.558. The number of rotatable bonds is 9. The first kappa shape index (κ1) is 17.0. The molecule has 0 aromatic heterocycles. The molecule has 0 saturated carbocycles. The van der Waals surface area contributed by atoms with E-state index in [4.69, 9.17) is 9.47 Å². The molecular weight excluding hydrogens is 274 g/mol. The molecule has 20 heavy (non-hydrogen) atoms. The Bertz CT molecular complexity index is 399. The number of carbonyl (C=O) groups excluding carboxylic acids is 1. The minimum Gasteiger partial charge on any atom is -0.467 e. The Labute approximate surface area is 125 Å². The Morgan fingerprint density at radius 1 is 1.30 bits per heavy atom.